The lowest BCUT2D eigenvalue weighted by Crippen LogP contribution is -2.19. The van der Waals surface area contributed by atoms with E-state index in [1.165, 1.54) is 22.7 Å². The van der Waals surface area contributed by atoms with Crippen molar-refractivity contribution in [3.63, 3.8) is 0 Å². The number of hydrogen-bond donors (Lipinski definition) is 3. The summed E-state index contributed by atoms with van der Waals surface area (Å²) in [6.07, 6.45) is 15.3. The second-order valence-electron chi connectivity index (χ2n) is 10.4. The monoisotopic (exact) mass is 477 g/mol. The van der Waals surface area contributed by atoms with Gasteiger partial charge in [0, 0.05) is 64.1 Å². The van der Waals surface area contributed by atoms with E-state index < -0.39 is 0 Å². The number of fused-ring (bicyclic) bond motifs is 9. The predicted molar refractivity (Wildman–Crippen MR) is 142 cm³/mol. The predicted octanol–water partition coefficient (Wildman–Crippen LogP) is 3.06. The molecule has 5 aromatic rings. The molecule has 2 aliphatic rings. The second kappa shape index (κ2) is 7.65. The van der Waals surface area contributed by atoms with Crippen LogP contribution in [0.25, 0.3) is 33.8 Å². The standard InChI is InChI=1S/C28H27N7O/c1-14(2)9-15-5-6-16-19(10-15)31-26-22(16)17-12-35(3)13-18(17)23-24(26)20(32-28-29-7-4-8-30-28)11-21-25(23)27(36)34-33-21/h4,7-8,10-15,31,33H,5-6,9H2,1-3H3,(H,34,36)/b32-20+. The molecule has 3 N–H and O–H groups in total. The average Bonchev–Trinajstić information content (AvgIpc) is 3.53. The van der Waals surface area contributed by atoms with Gasteiger partial charge in [-0.25, -0.2) is 15.0 Å². The highest BCUT2D eigenvalue weighted by molar-refractivity contribution is 6.29. The number of hydrogen-bond acceptors (Lipinski definition) is 4. The molecule has 4 heterocycles. The van der Waals surface area contributed by atoms with Gasteiger partial charge in [-0.1, -0.05) is 19.9 Å². The van der Waals surface area contributed by atoms with E-state index in [-0.39, 0.29) is 5.56 Å². The third-order valence-corrected chi connectivity index (χ3v) is 7.44. The van der Waals surface area contributed by atoms with E-state index in [2.05, 4.69) is 62.0 Å². The number of rotatable bonds is 3. The molecular weight excluding hydrogens is 450 g/mol. The maximum absolute atomic E-state index is 13.0. The first-order chi connectivity index (χ1) is 17.5. The molecule has 0 fully saturated rings. The van der Waals surface area contributed by atoms with Crippen molar-refractivity contribution in [3.8, 4) is 0 Å². The average molecular weight is 478 g/mol. The molecule has 1 aromatic carbocycles. The van der Waals surface area contributed by atoms with Crippen LogP contribution < -0.4 is 16.3 Å². The van der Waals surface area contributed by atoms with Crippen LogP contribution in [0.2, 0.25) is 0 Å². The zero-order valence-electron chi connectivity index (χ0n) is 20.5. The largest absolute Gasteiger partial charge is 0.356 e. The Morgan fingerprint density at radius 1 is 1.11 bits per heavy atom. The summed E-state index contributed by atoms with van der Waals surface area (Å²) in [6.45, 7) is 4.57. The van der Waals surface area contributed by atoms with Crippen LogP contribution in [0.15, 0.2) is 40.6 Å². The van der Waals surface area contributed by atoms with Crippen LogP contribution >= 0.6 is 0 Å². The molecule has 0 saturated heterocycles. The van der Waals surface area contributed by atoms with Gasteiger partial charge in [-0.15, -0.1) is 0 Å². The van der Waals surface area contributed by atoms with Crippen LogP contribution in [0.5, 0.6) is 0 Å². The van der Waals surface area contributed by atoms with Gasteiger partial charge in [-0.2, -0.15) is 0 Å². The Morgan fingerprint density at radius 2 is 1.92 bits per heavy atom. The summed E-state index contributed by atoms with van der Waals surface area (Å²) in [5.41, 5.74) is 3.89. The van der Waals surface area contributed by atoms with Gasteiger partial charge in [0.15, 0.2) is 0 Å². The van der Waals surface area contributed by atoms with E-state index in [4.69, 9.17) is 4.99 Å². The van der Waals surface area contributed by atoms with E-state index in [0.717, 1.165) is 45.6 Å². The highest BCUT2D eigenvalue weighted by atomic mass is 16.1. The number of aliphatic imine (C=N–C) groups is 1. The van der Waals surface area contributed by atoms with Crippen LogP contribution in [0.4, 0.5) is 5.95 Å². The molecule has 1 atom stereocenters. The number of benzene rings is 1. The molecule has 0 bridgehead atoms. The van der Waals surface area contributed by atoms with Crippen molar-refractivity contribution in [2.45, 2.75) is 33.1 Å². The van der Waals surface area contributed by atoms with Crippen LogP contribution in [0, 0.1) is 22.3 Å². The summed E-state index contributed by atoms with van der Waals surface area (Å²) < 4.78 is 2.08. The maximum Gasteiger partial charge on any atom is 0.272 e. The molecule has 180 valence electrons. The van der Waals surface area contributed by atoms with E-state index in [0.29, 0.717) is 28.4 Å². The summed E-state index contributed by atoms with van der Waals surface area (Å²) >= 11 is 0. The van der Waals surface area contributed by atoms with Crippen molar-refractivity contribution in [2.75, 3.05) is 0 Å². The maximum atomic E-state index is 13.0. The number of H-pyrrole nitrogens is 3. The zero-order chi connectivity index (χ0) is 24.6. The fraction of sp³-hybridized carbons (Fsp3) is 0.286. The van der Waals surface area contributed by atoms with Crippen molar-refractivity contribution in [2.24, 2.45) is 23.9 Å². The topological polar surface area (TPSA) is 108 Å². The summed E-state index contributed by atoms with van der Waals surface area (Å²) in [6, 6.07) is 1.78. The first-order valence-corrected chi connectivity index (χ1v) is 12.5. The summed E-state index contributed by atoms with van der Waals surface area (Å²) in [5.74, 6) is 1.60. The second-order valence-corrected chi connectivity index (χ2v) is 10.4. The summed E-state index contributed by atoms with van der Waals surface area (Å²) in [4.78, 5) is 30.3. The Bertz CT molecular complexity index is 1980. The van der Waals surface area contributed by atoms with Gasteiger partial charge in [0.2, 0.25) is 5.95 Å². The molecule has 0 radical (unpaired) electrons. The Kier molecular flexibility index (Phi) is 4.49. The van der Waals surface area contributed by atoms with E-state index in [1.54, 1.807) is 18.5 Å². The van der Waals surface area contributed by atoms with Crippen molar-refractivity contribution < 1.29 is 0 Å². The molecule has 8 heteroatoms. The Balaban J connectivity index is 1.69. The lowest BCUT2D eigenvalue weighted by molar-refractivity contribution is 0.463. The molecule has 1 unspecified atom stereocenters. The lowest BCUT2D eigenvalue weighted by atomic mass is 9.86. The fourth-order valence-corrected chi connectivity index (χ4v) is 6.12. The highest BCUT2D eigenvalue weighted by Gasteiger charge is 2.25. The van der Waals surface area contributed by atoms with Gasteiger partial charge in [-0.3, -0.25) is 15.0 Å². The number of aryl methyl sites for hydroxylation is 2. The van der Waals surface area contributed by atoms with Gasteiger partial charge >= 0.3 is 0 Å². The van der Waals surface area contributed by atoms with E-state index >= 15 is 0 Å². The molecule has 0 aliphatic heterocycles. The molecular formula is C28H27N7O. The molecule has 36 heavy (non-hydrogen) atoms. The van der Waals surface area contributed by atoms with E-state index in [9.17, 15) is 4.79 Å². The molecule has 4 aromatic heterocycles. The molecule has 0 amide bonds. The fourth-order valence-electron chi connectivity index (χ4n) is 6.12. The first kappa shape index (κ1) is 21.1. The van der Waals surface area contributed by atoms with Gasteiger partial charge in [0.25, 0.3) is 5.56 Å². The van der Waals surface area contributed by atoms with E-state index in [1.807, 2.05) is 13.1 Å². The minimum atomic E-state index is -0.137. The molecule has 0 saturated carbocycles. The third kappa shape index (κ3) is 3.07. The summed E-state index contributed by atoms with van der Waals surface area (Å²) in [7, 11) is 2.03. The van der Waals surface area contributed by atoms with Crippen molar-refractivity contribution in [1.82, 2.24) is 29.7 Å². The van der Waals surface area contributed by atoms with Crippen LogP contribution in [0.3, 0.4) is 0 Å². The zero-order valence-corrected chi connectivity index (χ0v) is 20.5. The highest BCUT2D eigenvalue weighted by Crippen LogP contribution is 2.35. The van der Waals surface area contributed by atoms with Gasteiger partial charge in [0.1, 0.15) is 0 Å². The Morgan fingerprint density at radius 3 is 2.72 bits per heavy atom. The third-order valence-electron chi connectivity index (χ3n) is 7.44. The minimum absolute atomic E-state index is 0.137. The van der Waals surface area contributed by atoms with Crippen LogP contribution in [-0.4, -0.2) is 35.4 Å². The summed E-state index contributed by atoms with van der Waals surface area (Å²) in [5, 5.41) is 12.7. The number of aromatic nitrogens is 6. The van der Waals surface area contributed by atoms with Crippen molar-refractivity contribution in [3.05, 3.63) is 73.5 Å². The smallest absolute Gasteiger partial charge is 0.272 e. The SMILES string of the molecule is CC(C)CC1C=c2[nH]c3c4c(c5cn(C)cc5c3c2CC1)=c1c(=O)[nH][nH]c1=C/C4=N\c1ncccn1. The Labute approximate surface area is 205 Å². The van der Waals surface area contributed by atoms with Gasteiger partial charge in [-0.05, 0) is 48.8 Å². The minimum Gasteiger partial charge on any atom is -0.356 e. The molecule has 0 spiro atoms. The normalized spacial score (nSPS) is 17.8. The number of nitrogens with one attached hydrogen (secondary N) is 3. The quantitative estimate of drug-likeness (QED) is 0.372. The first-order valence-electron chi connectivity index (χ1n) is 12.5. The number of nitrogens with zero attached hydrogens (tertiary/aromatic N) is 4. The van der Waals surface area contributed by atoms with Crippen LogP contribution in [0.1, 0.15) is 37.8 Å². The Hall–Kier alpha value is -4.20. The molecule has 8 nitrogen and oxygen atoms in total. The van der Waals surface area contributed by atoms with Crippen molar-refractivity contribution >= 4 is 45.5 Å². The lowest BCUT2D eigenvalue weighted by Gasteiger charge is -2.18. The van der Waals surface area contributed by atoms with Crippen molar-refractivity contribution in [1.29, 1.82) is 0 Å². The van der Waals surface area contributed by atoms with Gasteiger partial charge in [0.05, 0.1) is 21.8 Å². The number of aromatic amines is 3. The van der Waals surface area contributed by atoms with Gasteiger partial charge < -0.3 is 9.55 Å². The molecule has 7 rings (SSSR count). The molecule has 2 aliphatic carbocycles. The van der Waals surface area contributed by atoms with Crippen LogP contribution in [-0.2, 0) is 13.5 Å².